The number of alkyl carbamates (subject to hydrolysis) is 1. The number of carbonyl (C=O) groups is 2. The van der Waals surface area contributed by atoms with Crippen LogP contribution in [0.5, 0.6) is 0 Å². The molecule has 2 amide bonds. The average molecular weight is 349 g/mol. The number of carbonyl (C=O) groups excluding carboxylic acids is 2. The fourth-order valence-corrected chi connectivity index (χ4v) is 2.34. The van der Waals surface area contributed by atoms with Crippen molar-refractivity contribution in [3.8, 4) is 0 Å². The summed E-state index contributed by atoms with van der Waals surface area (Å²) in [6, 6.07) is 0. The second kappa shape index (κ2) is 8.13. The first-order chi connectivity index (χ1) is 11.7. The van der Waals surface area contributed by atoms with E-state index in [1.54, 1.807) is 17.3 Å². The molecular formula is C17H27N5O3. The Bertz CT molecular complexity index is 597. The van der Waals surface area contributed by atoms with Crippen molar-refractivity contribution in [2.75, 3.05) is 29.9 Å². The highest BCUT2D eigenvalue weighted by Crippen LogP contribution is 2.18. The molecule has 1 saturated heterocycles. The Balaban J connectivity index is 1.73. The number of amides is 2. The summed E-state index contributed by atoms with van der Waals surface area (Å²) in [7, 11) is 0. The van der Waals surface area contributed by atoms with Crippen LogP contribution < -0.4 is 15.5 Å². The molecule has 1 atom stereocenters. The molecule has 2 N–H and O–H groups in total. The Morgan fingerprint density at radius 3 is 2.68 bits per heavy atom. The molecule has 1 aliphatic heterocycles. The van der Waals surface area contributed by atoms with E-state index in [9.17, 15) is 9.59 Å². The molecule has 1 unspecified atom stereocenters. The topological polar surface area (TPSA) is 96.5 Å². The van der Waals surface area contributed by atoms with Crippen molar-refractivity contribution in [3.63, 3.8) is 0 Å². The number of nitrogens with zero attached hydrogens (tertiary/aromatic N) is 3. The van der Waals surface area contributed by atoms with Crippen LogP contribution in [0.3, 0.4) is 0 Å². The highest BCUT2D eigenvalue weighted by molar-refractivity contribution is 5.94. The van der Waals surface area contributed by atoms with E-state index in [-0.39, 0.29) is 17.4 Å². The van der Waals surface area contributed by atoms with Gasteiger partial charge in [0.2, 0.25) is 5.91 Å². The van der Waals surface area contributed by atoms with Gasteiger partial charge in [-0.2, -0.15) is 0 Å². The maximum absolute atomic E-state index is 11.7. The Labute approximate surface area is 148 Å². The van der Waals surface area contributed by atoms with Gasteiger partial charge in [-0.15, -0.1) is 0 Å². The smallest absolute Gasteiger partial charge is 0.407 e. The Kier molecular flexibility index (Phi) is 6.17. The van der Waals surface area contributed by atoms with Crippen LogP contribution in [0, 0.1) is 5.92 Å². The van der Waals surface area contributed by atoms with Crippen LogP contribution in [-0.2, 0) is 9.53 Å². The summed E-state index contributed by atoms with van der Waals surface area (Å²) in [6.45, 7) is 9.28. The summed E-state index contributed by atoms with van der Waals surface area (Å²) in [5.41, 5.74) is -0.313. The van der Waals surface area contributed by atoms with E-state index >= 15 is 0 Å². The molecule has 0 aliphatic carbocycles. The second-order valence-electron chi connectivity index (χ2n) is 7.37. The molecule has 0 radical (unpaired) electrons. The number of anilines is 2. The van der Waals surface area contributed by atoms with Crippen molar-refractivity contribution in [2.24, 2.45) is 5.92 Å². The van der Waals surface area contributed by atoms with Crippen LogP contribution in [0.2, 0.25) is 0 Å². The van der Waals surface area contributed by atoms with Gasteiger partial charge in [-0.3, -0.25) is 9.69 Å². The molecule has 1 aromatic rings. The monoisotopic (exact) mass is 349 g/mol. The third-order valence-electron chi connectivity index (χ3n) is 3.60. The lowest BCUT2D eigenvalue weighted by atomic mass is 10.1. The molecule has 25 heavy (non-hydrogen) atoms. The first-order valence-corrected chi connectivity index (χ1v) is 8.56. The van der Waals surface area contributed by atoms with Crippen molar-refractivity contribution in [3.05, 3.63) is 12.4 Å². The molecule has 8 heteroatoms. The quantitative estimate of drug-likeness (QED) is 0.817. The summed E-state index contributed by atoms with van der Waals surface area (Å²) in [5, 5.41) is 5.91. The second-order valence-corrected chi connectivity index (χ2v) is 7.37. The van der Waals surface area contributed by atoms with Gasteiger partial charge in [0.15, 0.2) is 5.82 Å². The van der Waals surface area contributed by atoms with Crippen molar-refractivity contribution in [1.82, 2.24) is 15.3 Å². The standard InChI is InChI=1S/C17H27N5O3/c1-12(11-25-16(24)21-17(2,3)4)8-18-13-9-20-14(10-19-13)22-7-5-6-15(22)23/h9-10,12H,5-8,11H2,1-4H3,(H,18,19)(H,21,24). The van der Waals surface area contributed by atoms with E-state index in [0.29, 0.717) is 37.8 Å². The third-order valence-corrected chi connectivity index (χ3v) is 3.60. The minimum Gasteiger partial charge on any atom is -0.449 e. The highest BCUT2D eigenvalue weighted by atomic mass is 16.5. The molecule has 0 saturated carbocycles. The zero-order valence-corrected chi connectivity index (χ0v) is 15.3. The molecule has 2 rings (SSSR count). The van der Waals surface area contributed by atoms with Crippen LogP contribution in [-0.4, -0.2) is 47.2 Å². The zero-order valence-electron chi connectivity index (χ0n) is 15.3. The van der Waals surface area contributed by atoms with Gasteiger partial charge in [-0.1, -0.05) is 6.92 Å². The van der Waals surface area contributed by atoms with Gasteiger partial charge in [0.05, 0.1) is 19.0 Å². The summed E-state index contributed by atoms with van der Waals surface area (Å²) in [5.74, 6) is 1.42. The lowest BCUT2D eigenvalue weighted by Crippen LogP contribution is -2.41. The summed E-state index contributed by atoms with van der Waals surface area (Å²) in [4.78, 5) is 33.5. The van der Waals surface area contributed by atoms with Gasteiger partial charge >= 0.3 is 6.09 Å². The average Bonchev–Trinajstić information content (AvgIpc) is 2.96. The SMILES string of the molecule is CC(CNc1cnc(N2CCCC2=O)cn1)COC(=O)NC(C)(C)C. The highest BCUT2D eigenvalue weighted by Gasteiger charge is 2.22. The third kappa shape index (κ3) is 6.21. The maximum atomic E-state index is 11.7. The summed E-state index contributed by atoms with van der Waals surface area (Å²) in [6.07, 6.45) is 4.23. The molecule has 2 heterocycles. The van der Waals surface area contributed by atoms with Crippen LogP contribution >= 0.6 is 0 Å². The molecule has 138 valence electrons. The number of hydrogen-bond donors (Lipinski definition) is 2. The molecule has 8 nitrogen and oxygen atoms in total. The minimum absolute atomic E-state index is 0.0920. The van der Waals surface area contributed by atoms with E-state index < -0.39 is 6.09 Å². The van der Waals surface area contributed by atoms with Crippen molar-refractivity contribution < 1.29 is 14.3 Å². The van der Waals surface area contributed by atoms with Crippen LogP contribution in [0.25, 0.3) is 0 Å². The van der Waals surface area contributed by atoms with Gasteiger partial charge in [-0.25, -0.2) is 14.8 Å². The molecule has 0 spiro atoms. The Hall–Kier alpha value is -2.38. The first-order valence-electron chi connectivity index (χ1n) is 8.56. The lowest BCUT2D eigenvalue weighted by Gasteiger charge is -2.21. The van der Waals surface area contributed by atoms with Crippen molar-refractivity contribution >= 4 is 23.6 Å². The maximum Gasteiger partial charge on any atom is 0.407 e. The molecule has 1 fully saturated rings. The van der Waals surface area contributed by atoms with Crippen LogP contribution in [0.1, 0.15) is 40.5 Å². The number of rotatable bonds is 6. The first kappa shape index (κ1) is 19.0. The van der Waals surface area contributed by atoms with Crippen LogP contribution in [0.4, 0.5) is 16.4 Å². The van der Waals surface area contributed by atoms with Crippen molar-refractivity contribution in [2.45, 2.75) is 46.1 Å². The molecule has 0 bridgehead atoms. The Morgan fingerprint density at radius 1 is 1.36 bits per heavy atom. The van der Waals surface area contributed by atoms with E-state index in [1.165, 1.54) is 0 Å². The van der Waals surface area contributed by atoms with Gasteiger partial charge in [0.25, 0.3) is 0 Å². The summed E-state index contributed by atoms with van der Waals surface area (Å²) < 4.78 is 5.20. The predicted octanol–water partition coefficient (Wildman–Crippen LogP) is 2.18. The van der Waals surface area contributed by atoms with Crippen LogP contribution in [0.15, 0.2) is 12.4 Å². The molecule has 1 aliphatic rings. The van der Waals surface area contributed by atoms with E-state index in [4.69, 9.17) is 4.74 Å². The largest absolute Gasteiger partial charge is 0.449 e. The molecule has 1 aromatic heterocycles. The number of hydrogen-bond acceptors (Lipinski definition) is 6. The van der Waals surface area contributed by atoms with Gasteiger partial charge < -0.3 is 15.4 Å². The van der Waals surface area contributed by atoms with Gasteiger partial charge in [0.1, 0.15) is 5.82 Å². The lowest BCUT2D eigenvalue weighted by molar-refractivity contribution is -0.117. The Morgan fingerprint density at radius 2 is 2.12 bits per heavy atom. The summed E-state index contributed by atoms with van der Waals surface area (Å²) >= 11 is 0. The number of aromatic nitrogens is 2. The minimum atomic E-state index is -0.418. The van der Waals surface area contributed by atoms with E-state index in [1.807, 2.05) is 27.7 Å². The van der Waals surface area contributed by atoms with Crippen molar-refractivity contribution in [1.29, 1.82) is 0 Å². The fraction of sp³-hybridized carbons (Fsp3) is 0.647. The van der Waals surface area contributed by atoms with E-state index in [2.05, 4.69) is 20.6 Å². The zero-order chi connectivity index (χ0) is 18.4. The number of ether oxygens (including phenoxy) is 1. The predicted molar refractivity (Wildman–Crippen MR) is 95.5 cm³/mol. The van der Waals surface area contributed by atoms with Gasteiger partial charge in [0, 0.05) is 31.0 Å². The fourth-order valence-electron chi connectivity index (χ4n) is 2.34. The van der Waals surface area contributed by atoms with Gasteiger partial charge in [-0.05, 0) is 27.2 Å². The normalized spacial score (nSPS) is 15.8. The molecular weight excluding hydrogens is 322 g/mol. The van der Waals surface area contributed by atoms with E-state index in [0.717, 1.165) is 6.42 Å². The number of nitrogens with one attached hydrogen (secondary N) is 2. The molecule has 0 aromatic carbocycles.